The Hall–Kier alpha value is -3.13. The van der Waals surface area contributed by atoms with E-state index in [0.29, 0.717) is 16.5 Å². The highest BCUT2D eigenvalue weighted by Crippen LogP contribution is 2.24. The highest BCUT2D eigenvalue weighted by atomic mass is 32.2. The van der Waals surface area contributed by atoms with Gasteiger partial charge in [0.1, 0.15) is 0 Å². The average Bonchev–Trinajstić information content (AvgIpc) is 3.16. The highest BCUT2D eigenvalue weighted by Gasteiger charge is 2.25. The lowest BCUT2D eigenvalue weighted by Crippen LogP contribution is -2.33. The Bertz CT molecular complexity index is 1040. The van der Waals surface area contributed by atoms with E-state index in [0.717, 1.165) is 5.56 Å². The molecule has 0 aliphatic heterocycles. The molecule has 2 atom stereocenters. The van der Waals surface area contributed by atoms with E-state index in [1.165, 1.54) is 11.8 Å². The molecule has 3 aromatic rings. The van der Waals surface area contributed by atoms with Crippen molar-refractivity contribution >= 4 is 23.6 Å². The molecule has 1 heterocycles. The van der Waals surface area contributed by atoms with E-state index in [1.807, 2.05) is 80.9 Å². The van der Waals surface area contributed by atoms with E-state index in [1.54, 1.807) is 12.1 Å². The van der Waals surface area contributed by atoms with Crippen LogP contribution in [0.15, 0.2) is 65.8 Å². The number of hydrogen-bond acceptors (Lipinski definition) is 5. The lowest BCUT2D eigenvalue weighted by Gasteiger charge is -2.21. The molecule has 32 heavy (non-hydrogen) atoms. The first-order chi connectivity index (χ1) is 15.4. The minimum absolute atomic E-state index is 0.0714. The molecule has 0 spiro atoms. The maximum absolute atomic E-state index is 12.7. The Morgan fingerprint density at radius 1 is 0.938 bits per heavy atom. The summed E-state index contributed by atoms with van der Waals surface area (Å²) in [5.41, 5.74) is 1.65. The molecule has 2 aromatic carbocycles. The molecule has 0 fully saturated rings. The van der Waals surface area contributed by atoms with Gasteiger partial charge in [-0.2, -0.15) is 0 Å². The number of nitrogens with one attached hydrogen (secondary N) is 2. The van der Waals surface area contributed by atoms with E-state index < -0.39 is 0 Å². The van der Waals surface area contributed by atoms with E-state index in [-0.39, 0.29) is 35.6 Å². The molecule has 8 heteroatoms. The second-order valence-corrected chi connectivity index (χ2v) is 8.89. The standard InChI is InChI=1S/C24H29N5O2S/c1-16(2)21(26-23(31)19-13-9-6-10-14-19)22-27-28-24(29(22)4)32-15-20(30)25-17(3)18-11-7-5-8-12-18/h5-14,16-17,21H,15H2,1-4H3,(H,25,30)(H,26,31)/t17-,21+/m0/s1. The van der Waals surface area contributed by atoms with E-state index >= 15 is 0 Å². The summed E-state index contributed by atoms with van der Waals surface area (Å²) in [5.74, 6) is 0.763. The van der Waals surface area contributed by atoms with Crippen LogP contribution in [0.2, 0.25) is 0 Å². The number of benzene rings is 2. The van der Waals surface area contributed by atoms with Crippen LogP contribution in [0.3, 0.4) is 0 Å². The van der Waals surface area contributed by atoms with Crippen molar-refractivity contribution in [1.82, 2.24) is 25.4 Å². The molecular formula is C24H29N5O2S. The van der Waals surface area contributed by atoms with Crippen molar-refractivity contribution in [2.24, 2.45) is 13.0 Å². The second kappa shape index (κ2) is 10.9. The first-order valence-corrected chi connectivity index (χ1v) is 11.6. The third-order valence-electron chi connectivity index (χ3n) is 5.15. The maximum Gasteiger partial charge on any atom is 0.251 e. The number of rotatable bonds is 9. The Morgan fingerprint density at radius 3 is 2.19 bits per heavy atom. The predicted molar refractivity (Wildman–Crippen MR) is 126 cm³/mol. The van der Waals surface area contributed by atoms with Gasteiger partial charge in [-0.05, 0) is 30.5 Å². The minimum Gasteiger partial charge on any atom is -0.349 e. The summed E-state index contributed by atoms with van der Waals surface area (Å²) in [5, 5.41) is 15.3. The Labute approximate surface area is 193 Å². The van der Waals surface area contributed by atoms with Gasteiger partial charge in [-0.15, -0.1) is 10.2 Å². The van der Waals surface area contributed by atoms with E-state index in [4.69, 9.17) is 0 Å². The van der Waals surface area contributed by atoms with Gasteiger partial charge in [0, 0.05) is 12.6 Å². The molecule has 168 valence electrons. The number of thioether (sulfide) groups is 1. The molecule has 7 nitrogen and oxygen atoms in total. The van der Waals surface area contributed by atoms with Crippen molar-refractivity contribution in [3.8, 4) is 0 Å². The van der Waals surface area contributed by atoms with Crippen LogP contribution in [-0.4, -0.2) is 32.3 Å². The van der Waals surface area contributed by atoms with Crippen LogP contribution in [-0.2, 0) is 11.8 Å². The number of amides is 2. The van der Waals surface area contributed by atoms with Crippen molar-refractivity contribution in [2.45, 2.75) is 38.0 Å². The first kappa shape index (κ1) is 23.5. The van der Waals surface area contributed by atoms with Crippen LogP contribution in [0.1, 0.15) is 54.6 Å². The van der Waals surface area contributed by atoms with Crippen LogP contribution in [0.25, 0.3) is 0 Å². The smallest absolute Gasteiger partial charge is 0.251 e. The van der Waals surface area contributed by atoms with Gasteiger partial charge in [-0.3, -0.25) is 9.59 Å². The fraction of sp³-hybridized carbons (Fsp3) is 0.333. The summed E-state index contributed by atoms with van der Waals surface area (Å²) >= 11 is 1.32. The summed E-state index contributed by atoms with van der Waals surface area (Å²) in [4.78, 5) is 25.1. The Morgan fingerprint density at radius 2 is 1.56 bits per heavy atom. The Balaban J connectivity index is 1.62. The number of hydrogen-bond donors (Lipinski definition) is 2. The van der Waals surface area contributed by atoms with Gasteiger partial charge in [-0.1, -0.05) is 74.1 Å². The van der Waals surface area contributed by atoms with Crippen molar-refractivity contribution in [3.05, 3.63) is 77.6 Å². The zero-order valence-corrected chi connectivity index (χ0v) is 19.6. The number of nitrogens with zero attached hydrogens (tertiary/aromatic N) is 3. The van der Waals surface area contributed by atoms with Gasteiger partial charge in [-0.25, -0.2) is 0 Å². The van der Waals surface area contributed by atoms with Crippen LogP contribution in [0.5, 0.6) is 0 Å². The van der Waals surface area contributed by atoms with Gasteiger partial charge >= 0.3 is 0 Å². The first-order valence-electron chi connectivity index (χ1n) is 10.6. The van der Waals surface area contributed by atoms with Gasteiger partial charge in [0.2, 0.25) is 5.91 Å². The van der Waals surface area contributed by atoms with Crippen LogP contribution >= 0.6 is 11.8 Å². The molecule has 0 saturated carbocycles. The summed E-state index contributed by atoms with van der Waals surface area (Å²) in [6.45, 7) is 6.01. The largest absolute Gasteiger partial charge is 0.349 e. The van der Waals surface area contributed by atoms with Crippen LogP contribution < -0.4 is 10.6 Å². The lowest BCUT2D eigenvalue weighted by molar-refractivity contribution is -0.119. The zero-order chi connectivity index (χ0) is 23.1. The van der Waals surface area contributed by atoms with Crippen LogP contribution in [0.4, 0.5) is 0 Å². The van der Waals surface area contributed by atoms with Gasteiger partial charge in [0.25, 0.3) is 5.91 Å². The number of carbonyl (C=O) groups is 2. The van der Waals surface area contributed by atoms with Crippen molar-refractivity contribution in [3.63, 3.8) is 0 Å². The van der Waals surface area contributed by atoms with Gasteiger partial charge in [0.05, 0.1) is 17.8 Å². The van der Waals surface area contributed by atoms with Crippen molar-refractivity contribution < 1.29 is 9.59 Å². The number of aromatic nitrogens is 3. The quantitative estimate of drug-likeness (QED) is 0.482. The fourth-order valence-electron chi connectivity index (χ4n) is 3.30. The predicted octanol–water partition coefficient (Wildman–Crippen LogP) is 3.91. The number of carbonyl (C=O) groups excluding carboxylic acids is 2. The molecule has 1 aromatic heterocycles. The average molecular weight is 452 g/mol. The molecule has 0 radical (unpaired) electrons. The topological polar surface area (TPSA) is 88.9 Å². The van der Waals surface area contributed by atoms with Gasteiger partial charge in [0.15, 0.2) is 11.0 Å². The molecule has 2 amide bonds. The molecule has 0 aliphatic carbocycles. The van der Waals surface area contributed by atoms with Gasteiger partial charge < -0.3 is 15.2 Å². The highest BCUT2D eigenvalue weighted by molar-refractivity contribution is 7.99. The van der Waals surface area contributed by atoms with E-state index in [9.17, 15) is 9.59 Å². The molecule has 0 saturated heterocycles. The van der Waals surface area contributed by atoms with Crippen LogP contribution in [0, 0.1) is 5.92 Å². The summed E-state index contributed by atoms with van der Waals surface area (Å²) in [6, 6.07) is 18.6. The maximum atomic E-state index is 12.7. The fourth-order valence-corrected chi connectivity index (χ4v) is 4.03. The van der Waals surface area contributed by atoms with Crippen molar-refractivity contribution in [1.29, 1.82) is 0 Å². The van der Waals surface area contributed by atoms with E-state index in [2.05, 4.69) is 20.8 Å². The third-order valence-corrected chi connectivity index (χ3v) is 6.17. The molecule has 2 N–H and O–H groups in total. The monoisotopic (exact) mass is 451 g/mol. The van der Waals surface area contributed by atoms with Crippen molar-refractivity contribution in [2.75, 3.05) is 5.75 Å². The lowest BCUT2D eigenvalue weighted by atomic mass is 10.0. The molecule has 0 aliphatic rings. The summed E-state index contributed by atoms with van der Waals surface area (Å²) in [6.07, 6.45) is 0. The minimum atomic E-state index is -0.304. The molecule has 3 rings (SSSR count). The molecule has 0 unspecified atom stereocenters. The Kier molecular flexibility index (Phi) is 8.05. The summed E-state index contributed by atoms with van der Waals surface area (Å²) in [7, 11) is 1.85. The SMILES string of the molecule is CC(C)[C@@H](NC(=O)c1ccccc1)c1nnc(SCC(=O)N[C@@H](C)c2ccccc2)n1C. The molecular weight excluding hydrogens is 422 g/mol. The third kappa shape index (κ3) is 5.97. The normalized spacial score (nSPS) is 12.9. The zero-order valence-electron chi connectivity index (χ0n) is 18.8. The summed E-state index contributed by atoms with van der Waals surface area (Å²) < 4.78 is 1.84. The second-order valence-electron chi connectivity index (χ2n) is 7.95. The molecule has 0 bridgehead atoms.